The van der Waals surface area contributed by atoms with Gasteiger partial charge >= 0.3 is 0 Å². The maximum Gasteiger partial charge on any atom is 0.274 e. The number of carbonyl (C=O) groups excluding carboxylic acids is 1. The zero-order valence-corrected chi connectivity index (χ0v) is 12.9. The fourth-order valence-electron chi connectivity index (χ4n) is 1.98. The number of benzene rings is 1. The summed E-state index contributed by atoms with van der Waals surface area (Å²) in [6.45, 7) is 1.91. The van der Waals surface area contributed by atoms with Crippen molar-refractivity contribution in [2.45, 2.75) is 11.8 Å². The quantitative estimate of drug-likeness (QED) is 0.926. The van der Waals surface area contributed by atoms with Crippen LogP contribution in [-0.4, -0.2) is 25.9 Å². The van der Waals surface area contributed by atoms with Crippen molar-refractivity contribution in [1.82, 2.24) is 4.57 Å². The van der Waals surface area contributed by atoms with E-state index in [1.807, 2.05) is 20.0 Å². The van der Waals surface area contributed by atoms with Gasteiger partial charge in [0, 0.05) is 25.5 Å². The Morgan fingerprint density at radius 3 is 2.14 bits per heavy atom. The average molecular weight is 307 g/mol. The molecule has 0 fully saturated rings. The molecule has 0 atom stereocenters. The summed E-state index contributed by atoms with van der Waals surface area (Å²) in [4.78, 5) is 13.9. The van der Waals surface area contributed by atoms with E-state index >= 15 is 0 Å². The van der Waals surface area contributed by atoms with Crippen molar-refractivity contribution in [3.63, 3.8) is 0 Å². The highest BCUT2D eigenvalue weighted by atomic mass is 32.2. The molecule has 0 unspecified atom stereocenters. The summed E-state index contributed by atoms with van der Waals surface area (Å²) in [7, 11) is -0.273. The van der Waals surface area contributed by atoms with Crippen molar-refractivity contribution in [1.29, 1.82) is 0 Å². The van der Waals surface area contributed by atoms with Crippen LogP contribution in [0.2, 0.25) is 0 Å². The Bertz CT molecular complexity index is 776. The van der Waals surface area contributed by atoms with E-state index in [1.54, 1.807) is 29.8 Å². The topological polar surface area (TPSA) is 85.4 Å². The first-order valence-corrected chi connectivity index (χ1v) is 7.79. The number of amides is 1. The minimum Gasteiger partial charge on any atom is -0.344 e. The van der Waals surface area contributed by atoms with Crippen molar-refractivity contribution in [3.8, 4) is 0 Å². The van der Waals surface area contributed by atoms with Crippen LogP contribution in [0.3, 0.4) is 0 Å². The molecule has 0 radical (unpaired) electrons. The average Bonchev–Trinajstić information content (AvgIpc) is 2.77. The van der Waals surface area contributed by atoms with Gasteiger partial charge in [-0.1, -0.05) is 0 Å². The van der Waals surface area contributed by atoms with E-state index in [9.17, 15) is 13.2 Å². The normalized spacial score (nSPS) is 11.4. The maximum atomic E-state index is 12.4. The van der Waals surface area contributed by atoms with Gasteiger partial charge in [0.25, 0.3) is 5.91 Å². The van der Waals surface area contributed by atoms with Gasteiger partial charge in [0.15, 0.2) is 0 Å². The van der Waals surface area contributed by atoms with Gasteiger partial charge < -0.3 is 9.47 Å². The molecule has 0 bridgehead atoms. The second-order valence-electron chi connectivity index (χ2n) is 4.82. The first-order chi connectivity index (χ1) is 9.71. The Balaban J connectivity index is 2.30. The predicted molar refractivity (Wildman–Crippen MR) is 80.7 cm³/mol. The molecular weight excluding hydrogens is 290 g/mol. The Kier molecular flexibility index (Phi) is 3.89. The Morgan fingerprint density at radius 2 is 1.71 bits per heavy atom. The van der Waals surface area contributed by atoms with E-state index in [1.165, 1.54) is 17.0 Å². The standard InChI is InChI=1S/C14H17N3O3S/c1-10-4-9-13(16(10)2)14(18)17(3)11-5-7-12(8-6-11)21(15,19)20/h4-9H,1-3H3,(H2,15,19,20). The summed E-state index contributed by atoms with van der Waals surface area (Å²) in [5.41, 5.74) is 2.13. The molecule has 112 valence electrons. The number of hydrogen-bond donors (Lipinski definition) is 1. The van der Waals surface area contributed by atoms with Crippen molar-refractivity contribution in [2.24, 2.45) is 12.2 Å². The third-order valence-electron chi connectivity index (χ3n) is 3.45. The number of rotatable bonds is 3. The molecule has 7 heteroatoms. The summed E-state index contributed by atoms with van der Waals surface area (Å²) in [5, 5.41) is 5.04. The monoisotopic (exact) mass is 307 g/mol. The molecule has 21 heavy (non-hydrogen) atoms. The van der Waals surface area contributed by atoms with E-state index in [-0.39, 0.29) is 10.8 Å². The molecule has 0 spiro atoms. The van der Waals surface area contributed by atoms with Crippen molar-refractivity contribution < 1.29 is 13.2 Å². The van der Waals surface area contributed by atoms with Gasteiger partial charge in [-0.2, -0.15) is 0 Å². The second kappa shape index (κ2) is 5.34. The highest BCUT2D eigenvalue weighted by Gasteiger charge is 2.17. The Hall–Kier alpha value is -2.12. The molecule has 0 aliphatic heterocycles. The molecule has 0 saturated heterocycles. The number of anilines is 1. The van der Waals surface area contributed by atoms with E-state index in [0.717, 1.165) is 5.69 Å². The van der Waals surface area contributed by atoms with E-state index in [2.05, 4.69) is 0 Å². The second-order valence-corrected chi connectivity index (χ2v) is 6.38. The molecule has 2 N–H and O–H groups in total. The number of carbonyl (C=O) groups is 1. The molecule has 6 nitrogen and oxygen atoms in total. The molecule has 0 aliphatic rings. The van der Waals surface area contributed by atoms with Gasteiger partial charge in [-0.05, 0) is 43.3 Å². The highest BCUT2D eigenvalue weighted by Crippen LogP contribution is 2.19. The van der Waals surface area contributed by atoms with E-state index in [0.29, 0.717) is 11.4 Å². The first-order valence-electron chi connectivity index (χ1n) is 6.25. The van der Waals surface area contributed by atoms with Crippen molar-refractivity contribution in [2.75, 3.05) is 11.9 Å². The van der Waals surface area contributed by atoms with Crippen molar-refractivity contribution >= 4 is 21.6 Å². The number of hydrogen-bond acceptors (Lipinski definition) is 3. The largest absolute Gasteiger partial charge is 0.344 e. The smallest absolute Gasteiger partial charge is 0.274 e. The molecule has 1 aromatic carbocycles. The van der Waals surface area contributed by atoms with Gasteiger partial charge in [-0.25, -0.2) is 13.6 Å². The van der Waals surface area contributed by atoms with Crippen LogP contribution in [0.5, 0.6) is 0 Å². The van der Waals surface area contributed by atoms with Crippen LogP contribution >= 0.6 is 0 Å². The molecule has 0 aliphatic carbocycles. The summed E-state index contributed by atoms with van der Waals surface area (Å²) in [6, 6.07) is 9.48. The van der Waals surface area contributed by atoms with Crippen LogP contribution in [0.4, 0.5) is 5.69 Å². The Labute approximate surface area is 123 Å². The van der Waals surface area contributed by atoms with Gasteiger partial charge in [0.2, 0.25) is 10.0 Å². The number of aromatic nitrogens is 1. The Morgan fingerprint density at radius 1 is 1.14 bits per heavy atom. The zero-order valence-electron chi connectivity index (χ0n) is 12.1. The lowest BCUT2D eigenvalue weighted by atomic mass is 10.2. The van der Waals surface area contributed by atoms with Crippen LogP contribution in [0.25, 0.3) is 0 Å². The van der Waals surface area contributed by atoms with Gasteiger partial charge in [0.05, 0.1) is 4.90 Å². The lowest BCUT2D eigenvalue weighted by Crippen LogP contribution is -2.28. The molecule has 1 amide bonds. The predicted octanol–water partition coefficient (Wildman–Crippen LogP) is 1.26. The van der Waals surface area contributed by atoms with Crippen LogP contribution in [0.15, 0.2) is 41.3 Å². The molecule has 0 saturated carbocycles. The summed E-state index contributed by atoms with van der Waals surface area (Å²) >= 11 is 0. The van der Waals surface area contributed by atoms with Crippen LogP contribution in [0.1, 0.15) is 16.2 Å². The number of aryl methyl sites for hydroxylation is 1. The lowest BCUT2D eigenvalue weighted by molar-refractivity contribution is 0.0985. The summed E-state index contributed by atoms with van der Waals surface area (Å²) < 4.78 is 24.2. The number of primary sulfonamides is 1. The fraction of sp³-hybridized carbons (Fsp3) is 0.214. The summed E-state index contributed by atoms with van der Waals surface area (Å²) in [5.74, 6) is -0.172. The SMILES string of the molecule is Cc1ccc(C(=O)N(C)c2ccc(S(N)(=O)=O)cc2)n1C. The minimum absolute atomic E-state index is 0.0156. The fourth-order valence-corrected chi connectivity index (χ4v) is 2.49. The highest BCUT2D eigenvalue weighted by molar-refractivity contribution is 7.89. The van der Waals surface area contributed by atoms with E-state index in [4.69, 9.17) is 5.14 Å². The molecule has 1 heterocycles. The first kappa shape index (κ1) is 15.3. The number of nitrogens with two attached hydrogens (primary N) is 1. The molecule has 1 aromatic heterocycles. The molecule has 2 rings (SSSR count). The van der Waals surface area contributed by atoms with Gasteiger partial charge in [0.1, 0.15) is 5.69 Å². The van der Waals surface area contributed by atoms with Gasteiger partial charge in [-0.3, -0.25) is 4.79 Å². The third kappa shape index (κ3) is 2.98. The van der Waals surface area contributed by atoms with Gasteiger partial charge in [-0.15, -0.1) is 0 Å². The van der Waals surface area contributed by atoms with E-state index < -0.39 is 10.0 Å². The van der Waals surface area contributed by atoms with Crippen LogP contribution < -0.4 is 10.0 Å². The van der Waals surface area contributed by atoms with Crippen LogP contribution in [-0.2, 0) is 17.1 Å². The maximum absolute atomic E-state index is 12.4. The minimum atomic E-state index is -3.73. The summed E-state index contributed by atoms with van der Waals surface area (Å²) in [6.07, 6.45) is 0. The van der Waals surface area contributed by atoms with Crippen LogP contribution in [0, 0.1) is 6.92 Å². The zero-order chi connectivity index (χ0) is 15.8. The number of sulfonamides is 1. The van der Waals surface area contributed by atoms with Crippen molar-refractivity contribution in [3.05, 3.63) is 47.8 Å². The third-order valence-corrected chi connectivity index (χ3v) is 4.38. The molecule has 2 aromatic rings. The lowest BCUT2D eigenvalue weighted by Gasteiger charge is -2.18. The molecular formula is C14H17N3O3S. The number of nitrogens with zero attached hydrogens (tertiary/aromatic N) is 2.